The molecule has 0 radical (unpaired) electrons. The zero-order valence-electron chi connectivity index (χ0n) is 8.41. The van der Waals surface area contributed by atoms with Crippen molar-refractivity contribution in [2.24, 2.45) is 5.11 Å². The zero-order chi connectivity index (χ0) is 11.4. The van der Waals surface area contributed by atoms with Crippen molar-refractivity contribution in [1.29, 1.82) is 0 Å². The first kappa shape index (κ1) is 10.6. The second-order valence-electron chi connectivity index (χ2n) is 3.25. The maximum Gasteiger partial charge on any atom is 0.0375 e. The minimum absolute atomic E-state index is 0.614. The summed E-state index contributed by atoms with van der Waals surface area (Å²) >= 11 is 4.39. The minimum atomic E-state index is 0.614. The number of hydrogen-bond acceptors (Lipinski definition) is 2. The molecule has 0 fully saturated rings. The van der Waals surface area contributed by atoms with E-state index in [-0.39, 0.29) is 0 Å². The van der Waals surface area contributed by atoms with E-state index < -0.39 is 0 Å². The van der Waals surface area contributed by atoms with Crippen molar-refractivity contribution in [1.82, 2.24) is 0 Å². The average molecular weight is 227 g/mol. The molecule has 2 rings (SSSR count). The maximum absolute atomic E-state index is 8.30. The highest BCUT2D eigenvalue weighted by Gasteiger charge is 2.00. The summed E-state index contributed by atoms with van der Waals surface area (Å²) in [6, 6.07) is 15.3. The van der Waals surface area contributed by atoms with Gasteiger partial charge in [-0.05, 0) is 22.7 Å². The highest BCUT2D eigenvalue weighted by atomic mass is 32.1. The summed E-state index contributed by atoms with van der Waals surface area (Å²) in [5.41, 5.74) is 11.0. The van der Waals surface area contributed by atoms with E-state index in [0.29, 0.717) is 5.69 Å². The van der Waals surface area contributed by atoms with Crippen LogP contribution in [0.15, 0.2) is 58.5 Å². The predicted molar refractivity (Wildman–Crippen MR) is 67.9 cm³/mol. The number of azide groups is 1. The Morgan fingerprint density at radius 3 is 2.31 bits per heavy atom. The smallest absolute Gasteiger partial charge is 0.0375 e. The molecule has 0 aromatic heterocycles. The second-order valence-corrected chi connectivity index (χ2v) is 3.74. The maximum atomic E-state index is 8.30. The van der Waals surface area contributed by atoms with Gasteiger partial charge in [0.05, 0.1) is 0 Å². The predicted octanol–water partition coefficient (Wildman–Crippen LogP) is 4.58. The Morgan fingerprint density at radius 2 is 1.69 bits per heavy atom. The molecule has 0 saturated heterocycles. The number of thiol groups is 1. The molecule has 0 atom stereocenters. The van der Waals surface area contributed by atoms with Crippen molar-refractivity contribution in [3.63, 3.8) is 0 Å². The molecule has 2 aromatic carbocycles. The third-order valence-electron chi connectivity index (χ3n) is 2.24. The molecule has 0 unspecified atom stereocenters. The standard InChI is InChI=1S/C12H9N3S/c13-15-14-10-7-5-9(6-8-10)11-3-1-2-4-12(11)16/h1-8,16H. The largest absolute Gasteiger partial charge is 0.143 e. The molecule has 16 heavy (non-hydrogen) atoms. The van der Waals surface area contributed by atoms with Gasteiger partial charge in [0.2, 0.25) is 0 Å². The first-order valence-electron chi connectivity index (χ1n) is 4.75. The van der Waals surface area contributed by atoms with Crippen LogP contribution in [0, 0.1) is 0 Å². The highest BCUT2D eigenvalue weighted by molar-refractivity contribution is 7.80. The van der Waals surface area contributed by atoms with E-state index in [1.54, 1.807) is 12.1 Å². The van der Waals surface area contributed by atoms with Crippen molar-refractivity contribution >= 4 is 18.3 Å². The first-order chi connectivity index (χ1) is 7.81. The minimum Gasteiger partial charge on any atom is -0.143 e. The van der Waals surface area contributed by atoms with Crippen LogP contribution in [0.2, 0.25) is 0 Å². The summed E-state index contributed by atoms with van der Waals surface area (Å²) in [6.45, 7) is 0. The van der Waals surface area contributed by atoms with Crippen LogP contribution >= 0.6 is 12.6 Å². The molecular formula is C12H9N3S. The molecule has 2 aromatic rings. The van der Waals surface area contributed by atoms with E-state index in [4.69, 9.17) is 5.53 Å². The molecule has 0 aliphatic heterocycles. The monoisotopic (exact) mass is 227 g/mol. The van der Waals surface area contributed by atoms with E-state index in [9.17, 15) is 0 Å². The fourth-order valence-corrected chi connectivity index (χ4v) is 1.77. The Kier molecular flexibility index (Phi) is 3.15. The lowest BCUT2D eigenvalue weighted by Crippen LogP contribution is -1.78. The van der Waals surface area contributed by atoms with Crippen LogP contribution in [0.1, 0.15) is 0 Å². The lowest BCUT2D eigenvalue weighted by molar-refractivity contribution is 1.43. The summed E-state index contributed by atoms with van der Waals surface area (Å²) in [4.78, 5) is 3.67. The van der Waals surface area contributed by atoms with Gasteiger partial charge in [0.1, 0.15) is 0 Å². The number of rotatable bonds is 2. The fourth-order valence-electron chi connectivity index (χ4n) is 1.48. The quantitative estimate of drug-likeness (QED) is 0.338. The van der Waals surface area contributed by atoms with Crippen LogP contribution in [-0.2, 0) is 0 Å². The molecule has 0 amide bonds. The third kappa shape index (κ3) is 2.19. The summed E-state index contributed by atoms with van der Waals surface area (Å²) in [5, 5.41) is 3.53. The van der Waals surface area contributed by atoms with E-state index in [0.717, 1.165) is 16.0 Å². The molecule has 0 aliphatic carbocycles. The average Bonchev–Trinajstić information content (AvgIpc) is 2.31. The molecule has 3 nitrogen and oxygen atoms in total. The zero-order valence-corrected chi connectivity index (χ0v) is 9.30. The Labute approximate surface area is 98.8 Å². The van der Waals surface area contributed by atoms with Gasteiger partial charge in [-0.2, -0.15) is 0 Å². The van der Waals surface area contributed by atoms with E-state index >= 15 is 0 Å². The van der Waals surface area contributed by atoms with Crippen LogP contribution in [0.5, 0.6) is 0 Å². The van der Waals surface area contributed by atoms with Crippen molar-refractivity contribution in [3.8, 4) is 11.1 Å². The van der Waals surface area contributed by atoms with Crippen molar-refractivity contribution in [2.45, 2.75) is 4.90 Å². The Balaban J connectivity index is 2.42. The van der Waals surface area contributed by atoms with Crippen LogP contribution in [-0.4, -0.2) is 0 Å². The van der Waals surface area contributed by atoms with E-state index in [2.05, 4.69) is 22.7 Å². The molecule has 78 valence electrons. The Morgan fingerprint density at radius 1 is 1.00 bits per heavy atom. The van der Waals surface area contributed by atoms with E-state index in [1.807, 2.05) is 36.4 Å². The topological polar surface area (TPSA) is 48.8 Å². The molecule has 0 bridgehead atoms. The van der Waals surface area contributed by atoms with Gasteiger partial charge in [-0.1, -0.05) is 47.6 Å². The third-order valence-corrected chi connectivity index (χ3v) is 2.63. The lowest BCUT2D eigenvalue weighted by Gasteiger charge is -2.04. The molecular weight excluding hydrogens is 218 g/mol. The van der Waals surface area contributed by atoms with Gasteiger partial charge < -0.3 is 0 Å². The molecule has 0 aliphatic rings. The van der Waals surface area contributed by atoms with E-state index in [1.165, 1.54) is 0 Å². The molecule has 0 N–H and O–H groups in total. The van der Waals surface area contributed by atoms with Gasteiger partial charge in [0, 0.05) is 15.5 Å². The van der Waals surface area contributed by atoms with Gasteiger partial charge in [-0.25, -0.2) is 0 Å². The van der Waals surface area contributed by atoms with Crippen LogP contribution in [0.3, 0.4) is 0 Å². The lowest BCUT2D eigenvalue weighted by atomic mass is 10.1. The number of benzene rings is 2. The van der Waals surface area contributed by atoms with Crippen LogP contribution in [0.4, 0.5) is 5.69 Å². The first-order valence-corrected chi connectivity index (χ1v) is 5.19. The summed E-state index contributed by atoms with van der Waals surface area (Å²) in [5.74, 6) is 0. The van der Waals surface area contributed by atoms with Crippen LogP contribution in [0.25, 0.3) is 21.6 Å². The Bertz CT molecular complexity index is 542. The van der Waals surface area contributed by atoms with Crippen molar-refractivity contribution in [2.75, 3.05) is 0 Å². The van der Waals surface area contributed by atoms with Gasteiger partial charge in [-0.15, -0.1) is 12.6 Å². The summed E-state index contributed by atoms with van der Waals surface area (Å²) in [6.07, 6.45) is 0. The molecule has 0 spiro atoms. The molecule has 0 saturated carbocycles. The normalized spacial score (nSPS) is 9.56. The number of nitrogens with zero attached hydrogens (tertiary/aromatic N) is 3. The van der Waals surface area contributed by atoms with Gasteiger partial charge >= 0.3 is 0 Å². The van der Waals surface area contributed by atoms with Crippen molar-refractivity contribution < 1.29 is 0 Å². The van der Waals surface area contributed by atoms with Crippen LogP contribution < -0.4 is 0 Å². The summed E-state index contributed by atoms with van der Waals surface area (Å²) in [7, 11) is 0. The van der Waals surface area contributed by atoms with Gasteiger partial charge in [0.15, 0.2) is 0 Å². The van der Waals surface area contributed by atoms with Crippen molar-refractivity contribution in [3.05, 3.63) is 59.0 Å². The molecule has 0 heterocycles. The highest BCUT2D eigenvalue weighted by Crippen LogP contribution is 2.27. The summed E-state index contributed by atoms with van der Waals surface area (Å²) < 4.78 is 0. The SMILES string of the molecule is [N-]=[N+]=Nc1ccc(-c2ccccc2S)cc1. The second kappa shape index (κ2) is 4.75. The number of hydrogen-bond donors (Lipinski definition) is 1. The van der Waals surface area contributed by atoms with Gasteiger partial charge in [0.25, 0.3) is 0 Å². The molecule has 4 heteroatoms. The Hall–Kier alpha value is -1.90. The fraction of sp³-hybridized carbons (Fsp3) is 0. The van der Waals surface area contributed by atoms with Gasteiger partial charge in [-0.3, -0.25) is 0 Å².